The second kappa shape index (κ2) is 5.87. The monoisotopic (exact) mass is 278 g/mol. The maximum atomic E-state index is 12.2. The average molecular weight is 278 g/mol. The maximum Gasteiger partial charge on any atom is 0.251 e. The SMILES string of the molecule is CNc1ccc(C(=O)NCC2(C)CCCS2)c(C)c1. The van der Waals surface area contributed by atoms with Crippen LogP contribution in [0.25, 0.3) is 0 Å². The standard InChI is InChI=1S/C15H22N2OS/c1-11-9-12(16-3)5-6-13(11)14(18)17-10-15(2)7-4-8-19-15/h5-6,9,16H,4,7-8,10H2,1-3H3,(H,17,18). The largest absolute Gasteiger partial charge is 0.388 e. The third-order valence-corrected chi connectivity index (χ3v) is 5.22. The maximum absolute atomic E-state index is 12.2. The molecule has 0 radical (unpaired) electrons. The van der Waals surface area contributed by atoms with Crippen LogP contribution in [0.4, 0.5) is 5.69 Å². The van der Waals surface area contributed by atoms with Gasteiger partial charge < -0.3 is 10.6 Å². The van der Waals surface area contributed by atoms with Crippen LogP contribution in [0.2, 0.25) is 0 Å². The van der Waals surface area contributed by atoms with Crippen LogP contribution < -0.4 is 10.6 Å². The first kappa shape index (κ1) is 14.3. The molecule has 104 valence electrons. The van der Waals surface area contributed by atoms with Gasteiger partial charge in [-0.3, -0.25) is 4.79 Å². The average Bonchev–Trinajstić information content (AvgIpc) is 2.83. The summed E-state index contributed by atoms with van der Waals surface area (Å²) in [7, 11) is 1.88. The van der Waals surface area contributed by atoms with Gasteiger partial charge in [-0.2, -0.15) is 11.8 Å². The molecule has 1 saturated heterocycles. The van der Waals surface area contributed by atoms with E-state index < -0.39 is 0 Å². The summed E-state index contributed by atoms with van der Waals surface area (Å²) >= 11 is 1.97. The van der Waals surface area contributed by atoms with Gasteiger partial charge in [0.1, 0.15) is 0 Å². The zero-order valence-electron chi connectivity index (χ0n) is 11.9. The fraction of sp³-hybridized carbons (Fsp3) is 0.533. The van der Waals surface area contributed by atoms with E-state index in [2.05, 4.69) is 17.6 Å². The van der Waals surface area contributed by atoms with E-state index in [1.54, 1.807) is 0 Å². The number of carbonyl (C=O) groups excluding carboxylic acids is 1. The topological polar surface area (TPSA) is 41.1 Å². The van der Waals surface area contributed by atoms with Crippen molar-refractivity contribution in [2.75, 3.05) is 24.7 Å². The van der Waals surface area contributed by atoms with Crippen molar-refractivity contribution in [3.05, 3.63) is 29.3 Å². The molecule has 4 heteroatoms. The Kier molecular flexibility index (Phi) is 4.40. The van der Waals surface area contributed by atoms with Crippen LogP contribution in [0.5, 0.6) is 0 Å². The molecule has 2 N–H and O–H groups in total. The van der Waals surface area contributed by atoms with E-state index in [0.29, 0.717) is 0 Å². The number of rotatable bonds is 4. The minimum atomic E-state index is 0.0360. The number of anilines is 1. The molecule has 0 spiro atoms. The van der Waals surface area contributed by atoms with E-state index in [4.69, 9.17) is 0 Å². The molecule has 0 bridgehead atoms. The second-order valence-corrected chi connectivity index (χ2v) is 7.05. The molecule has 1 aromatic carbocycles. The van der Waals surface area contributed by atoms with Crippen molar-refractivity contribution in [3.8, 4) is 0 Å². The highest BCUT2D eigenvalue weighted by Crippen LogP contribution is 2.37. The molecule has 0 aromatic heterocycles. The van der Waals surface area contributed by atoms with Gasteiger partial charge in [0, 0.05) is 29.6 Å². The number of thioether (sulfide) groups is 1. The summed E-state index contributed by atoms with van der Waals surface area (Å²) in [6, 6.07) is 5.83. The summed E-state index contributed by atoms with van der Waals surface area (Å²) in [6.45, 7) is 4.97. The number of nitrogens with one attached hydrogen (secondary N) is 2. The highest BCUT2D eigenvalue weighted by Gasteiger charge is 2.29. The molecule has 1 fully saturated rings. The van der Waals surface area contributed by atoms with Crippen molar-refractivity contribution < 1.29 is 4.79 Å². The lowest BCUT2D eigenvalue weighted by atomic mass is 10.0. The molecule has 3 nitrogen and oxygen atoms in total. The van der Waals surface area contributed by atoms with Gasteiger partial charge >= 0.3 is 0 Å². The van der Waals surface area contributed by atoms with Crippen LogP contribution in [0.3, 0.4) is 0 Å². The number of hydrogen-bond acceptors (Lipinski definition) is 3. The van der Waals surface area contributed by atoms with Crippen LogP contribution in [0, 0.1) is 6.92 Å². The van der Waals surface area contributed by atoms with Crippen molar-refractivity contribution in [2.45, 2.75) is 31.4 Å². The van der Waals surface area contributed by atoms with Gasteiger partial charge in [0.25, 0.3) is 5.91 Å². The Balaban J connectivity index is 2.00. The van der Waals surface area contributed by atoms with Crippen molar-refractivity contribution in [2.24, 2.45) is 0 Å². The van der Waals surface area contributed by atoms with Gasteiger partial charge in [-0.05, 0) is 56.2 Å². The van der Waals surface area contributed by atoms with Crippen LogP contribution in [0.15, 0.2) is 18.2 Å². The molecular formula is C15H22N2OS. The zero-order chi connectivity index (χ0) is 13.9. The van der Waals surface area contributed by atoms with Crippen molar-refractivity contribution >= 4 is 23.4 Å². The molecule has 1 atom stereocenters. The van der Waals surface area contributed by atoms with Crippen LogP contribution in [-0.2, 0) is 0 Å². The van der Waals surface area contributed by atoms with Crippen LogP contribution >= 0.6 is 11.8 Å². The van der Waals surface area contributed by atoms with Crippen molar-refractivity contribution in [1.29, 1.82) is 0 Å². The highest BCUT2D eigenvalue weighted by atomic mass is 32.2. The van der Waals surface area contributed by atoms with E-state index in [1.807, 2.05) is 43.9 Å². The molecule has 1 aliphatic rings. The van der Waals surface area contributed by atoms with Gasteiger partial charge in [-0.15, -0.1) is 0 Å². The fourth-order valence-electron chi connectivity index (χ4n) is 2.41. The van der Waals surface area contributed by atoms with Gasteiger partial charge in [0.2, 0.25) is 0 Å². The Morgan fingerprint density at radius 3 is 2.84 bits per heavy atom. The molecule has 0 saturated carbocycles. The summed E-state index contributed by atoms with van der Waals surface area (Å²) in [5.74, 6) is 1.25. The molecule has 1 aromatic rings. The number of amides is 1. The number of carbonyl (C=O) groups is 1. The van der Waals surface area contributed by atoms with Crippen LogP contribution in [-0.4, -0.2) is 30.0 Å². The lowest BCUT2D eigenvalue weighted by molar-refractivity contribution is 0.0949. The highest BCUT2D eigenvalue weighted by molar-refractivity contribution is 8.00. The Morgan fingerprint density at radius 2 is 2.26 bits per heavy atom. The summed E-state index contributed by atoms with van der Waals surface area (Å²) in [6.07, 6.45) is 2.45. The summed E-state index contributed by atoms with van der Waals surface area (Å²) in [5, 5.41) is 6.16. The van der Waals surface area contributed by atoms with Gasteiger partial charge in [-0.1, -0.05) is 0 Å². The molecule has 1 heterocycles. The lowest BCUT2D eigenvalue weighted by Gasteiger charge is -2.23. The third kappa shape index (κ3) is 3.44. The third-order valence-electron chi connectivity index (χ3n) is 3.68. The molecule has 1 unspecified atom stereocenters. The molecule has 19 heavy (non-hydrogen) atoms. The molecule has 1 amide bonds. The van der Waals surface area contributed by atoms with E-state index in [9.17, 15) is 4.79 Å². The summed E-state index contributed by atoms with van der Waals surface area (Å²) < 4.78 is 0.217. The second-order valence-electron chi connectivity index (χ2n) is 5.36. The molecule has 0 aliphatic carbocycles. The van der Waals surface area contributed by atoms with E-state index in [1.165, 1.54) is 18.6 Å². The quantitative estimate of drug-likeness (QED) is 0.889. The van der Waals surface area contributed by atoms with Crippen molar-refractivity contribution in [3.63, 3.8) is 0 Å². The number of hydrogen-bond donors (Lipinski definition) is 2. The normalized spacial score (nSPS) is 22.3. The first-order valence-corrected chi connectivity index (χ1v) is 7.73. The van der Waals surface area contributed by atoms with E-state index >= 15 is 0 Å². The first-order chi connectivity index (χ1) is 9.04. The molecular weight excluding hydrogens is 256 g/mol. The predicted molar refractivity (Wildman–Crippen MR) is 83.2 cm³/mol. The first-order valence-electron chi connectivity index (χ1n) is 6.75. The minimum Gasteiger partial charge on any atom is -0.388 e. The van der Waals surface area contributed by atoms with Crippen LogP contribution in [0.1, 0.15) is 35.7 Å². The minimum absolute atomic E-state index is 0.0360. The molecule has 2 rings (SSSR count). The number of aryl methyl sites for hydroxylation is 1. The van der Waals surface area contributed by atoms with Crippen molar-refractivity contribution in [1.82, 2.24) is 5.32 Å². The molecule has 1 aliphatic heterocycles. The summed E-state index contributed by atoms with van der Waals surface area (Å²) in [4.78, 5) is 12.2. The smallest absolute Gasteiger partial charge is 0.251 e. The Hall–Kier alpha value is -1.16. The Morgan fingerprint density at radius 1 is 1.47 bits per heavy atom. The Labute approximate surface area is 119 Å². The summed E-state index contributed by atoms with van der Waals surface area (Å²) in [5.41, 5.74) is 2.81. The van der Waals surface area contributed by atoms with Gasteiger partial charge in [-0.25, -0.2) is 0 Å². The lowest BCUT2D eigenvalue weighted by Crippen LogP contribution is -2.37. The van der Waals surface area contributed by atoms with Gasteiger partial charge in [0.15, 0.2) is 0 Å². The van der Waals surface area contributed by atoms with E-state index in [-0.39, 0.29) is 10.7 Å². The number of benzene rings is 1. The zero-order valence-corrected chi connectivity index (χ0v) is 12.7. The predicted octanol–water partition coefficient (Wildman–Crippen LogP) is 3.05. The Bertz CT molecular complexity index is 467. The van der Waals surface area contributed by atoms with Gasteiger partial charge in [0.05, 0.1) is 0 Å². The van der Waals surface area contributed by atoms with E-state index in [0.717, 1.165) is 23.4 Å². The fourth-order valence-corrected chi connectivity index (χ4v) is 3.66.